The van der Waals surface area contributed by atoms with Gasteiger partial charge < -0.3 is 19.6 Å². The van der Waals surface area contributed by atoms with E-state index in [1.54, 1.807) is 6.26 Å². The maximum Gasteiger partial charge on any atom is 0.191 e. The van der Waals surface area contributed by atoms with Crippen molar-refractivity contribution in [3.05, 3.63) is 48.7 Å². The molecule has 2 rings (SSSR count). The maximum atomic E-state index is 5.52. The number of hydrogen-bond donors (Lipinski definition) is 2. The molecule has 2 N–H and O–H groups in total. The van der Waals surface area contributed by atoms with Gasteiger partial charge in [0.2, 0.25) is 0 Å². The van der Waals surface area contributed by atoms with Crippen LogP contribution in [0.2, 0.25) is 0 Å². The molecular formula is C17H27N5O. The first kappa shape index (κ1) is 17.1. The molecule has 0 aromatic carbocycles. The Morgan fingerprint density at radius 2 is 2.04 bits per heavy atom. The average Bonchev–Trinajstić information content (AvgIpc) is 3.20. The topological polar surface area (TPSA) is 57.7 Å². The highest BCUT2D eigenvalue weighted by Gasteiger charge is 2.16. The summed E-state index contributed by atoms with van der Waals surface area (Å²) in [5.74, 6) is 1.76. The van der Waals surface area contributed by atoms with Crippen LogP contribution in [0.1, 0.15) is 18.7 Å². The van der Waals surface area contributed by atoms with E-state index in [2.05, 4.69) is 39.4 Å². The Balaban J connectivity index is 1.91. The molecule has 0 radical (unpaired) electrons. The molecule has 23 heavy (non-hydrogen) atoms. The smallest absolute Gasteiger partial charge is 0.191 e. The normalized spacial score (nSPS) is 13.3. The van der Waals surface area contributed by atoms with Crippen molar-refractivity contribution in [1.82, 2.24) is 20.1 Å². The highest BCUT2D eigenvalue weighted by molar-refractivity contribution is 5.79. The highest BCUT2D eigenvalue weighted by atomic mass is 16.3. The third kappa shape index (κ3) is 5.49. The van der Waals surface area contributed by atoms with Gasteiger partial charge in [-0.3, -0.25) is 9.89 Å². The van der Waals surface area contributed by atoms with E-state index in [9.17, 15) is 0 Å². The molecule has 1 atom stereocenters. The SMILES string of the molecule is CCNC(=NCC(c1ccco1)N(C)C)NCCn1cccc1. The van der Waals surface area contributed by atoms with Crippen LogP contribution in [0, 0.1) is 0 Å². The molecule has 2 aromatic heterocycles. The number of guanidine groups is 1. The molecule has 126 valence electrons. The lowest BCUT2D eigenvalue weighted by Gasteiger charge is -2.21. The molecular weight excluding hydrogens is 290 g/mol. The molecule has 2 heterocycles. The van der Waals surface area contributed by atoms with E-state index >= 15 is 0 Å². The Hall–Kier alpha value is -2.21. The molecule has 0 aliphatic rings. The van der Waals surface area contributed by atoms with Crippen LogP contribution in [0.15, 0.2) is 52.3 Å². The summed E-state index contributed by atoms with van der Waals surface area (Å²) in [7, 11) is 4.07. The molecule has 0 amide bonds. The number of rotatable bonds is 8. The third-order valence-electron chi connectivity index (χ3n) is 3.59. The second-order valence-electron chi connectivity index (χ2n) is 5.56. The predicted octanol–water partition coefficient (Wildman–Crippen LogP) is 1.94. The van der Waals surface area contributed by atoms with Gasteiger partial charge in [0.1, 0.15) is 5.76 Å². The summed E-state index contributed by atoms with van der Waals surface area (Å²) in [6.45, 7) is 5.28. The first-order chi connectivity index (χ1) is 11.2. The summed E-state index contributed by atoms with van der Waals surface area (Å²) in [4.78, 5) is 6.81. The molecule has 0 spiro atoms. The van der Waals surface area contributed by atoms with Gasteiger partial charge in [0, 0.05) is 32.0 Å². The molecule has 0 saturated heterocycles. The molecule has 6 nitrogen and oxygen atoms in total. The first-order valence-electron chi connectivity index (χ1n) is 8.03. The number of hydrogen-bond acceptors (Lipinski definition) is 3. The zero-order chi connectivity index (χ0) is 16.5. The summed E-state index contributed by atoms with van der Waals surface area (Å²) in [6, 6.07) is 8.10. The minimum atomic E-state index is 0.130. The minimum absolute atomic E-state index is 0.130. The van der Waals surface area contributed by atoms with Gasteiger partial charge in [0.15, 0.2) is 5.96 Å². The van der Waals surface area contributed by atoms with Crippen LogP contribution >= 0.6 is 0 Å². The van der Waals surface area contributed by atoms with Gasteiger partial charge in [0.05, 0.1) is 18.8 Å². The molecule has 0 fully saturated rings. The van der Waals surface area contributed by atoms with Crippen LogP contribution in [0.4, 0.5) is 0 Å². The third-order valence-corrected chi connectivity index (χ3v) is 3.59. The number of nitrogens with zero attached hydrogens (tertiary/aromatic N) is 3. The molecule has 6 heteroatoms. The number of aromatic nitrogens is 1. The number of nitrogens with one attached hydrogen (secondary N) is 2. The molecule has 0 bridgehead atoms. The fourth-order valence-electron chi connectivity index (χ4n) is 2.33. The highest BCUT2D eigenvalue weighted by Crippen LogP contribution is 2.18. The fraction of sp³-hybridized carbons (Fsp3) is 0.471. The zero-order valence-corrected chi connectivity index (χ0v) is 14.2. The number of likely N-dealkylation sites (N-methyl/N-ethyl adjacent to an activating group) is 1. The lowest BCUT2D eigenvalue weighted by molar-refractivity contribution is 0.265. The van der Waals surface area contributed by atoms with Crippen LogP contribution in [0.25, 0.3) is 0 Å². The van der Waals surface area contributed by atoms with E-state index in [4.69, 9.17) is 9.41 Å². The summed E-state index contributed by atoms with van der Waals surface area (Å²) in [6.07, 6.45) is 5.82. The Morgan fingerprint density at radius 3 is 2.65 bits per heavy atom. The van der Waals surface area contributed by atoms with Crippen molar-refractivity contribution in [2.75, 3.05) is 33.7 Å². The monoisotopic (exact) mass is 317 g/mol. The van der Waals surface area contributed by atoms with E-state index in [1.165, 1.54) is 0 Å². The van der Waals surface area contributed by atoms with Crippen molar-refractivity contribution in [1.29, 1.82) is 0 Å². The number of furan rings is 1. The van der Waals surface area contributed by atoms with Gasteiger partial charge >= 0.3 is 0 Å². The van der Waals surface area contributed by atoms with Gasteiger partial charge in [-0.1, -0.05) is 0 Å². The molecule has 1 unspecified atom stereocenters. The quantitative estimate of drug-likeness (QED) is 0.577. The van der Waals surface area contributed by atoms with Crippen molar-refractivity contribution in [3.8, 4) is 0 Å². The van der Waals surface area contributed by atoms with Gasteiger partial charge in [-0.05, 0) is 45.3 Å². The van der Waals surface area contributed by atoms with Gasteiger partial charge in [0.25, 0.3) is 0 Å². The second-order valence-corrected chi connectivity index (χ2v) is 5.56. The molecule has 0 aliphatic carbocycles. The van der Waals surface area contributed by atoms with E-state index in [1.807, 2.05) is 38.4 Å². The lowest BCUT2D eigenvalue weighted by atomic mass is 10.2. The van der Waals surface area contributed by atoms with Crippen LogP contribution in [0.5, 0.6) is 0 Å². The molecule has 2 aromatic rings. The summed E-state index contributed by atoms with van der Waals surface area (Å²) in [5.41, 5.74) is 0. The van der Waals surface area contributed by atoms with E-state index in [0.717, 1.165) is 31.4 Å². The fourth-order valence-corrected chi connectivity index (χ4v) is 2.33. The Kier molecular flexibility index (Phi) is 6.75. The number of aliphatic imine (C=N–C) groups is 1. The van der Waals surface area contributed by atoms with Crippen LogP contribution < -0.4 is 10.6 Å². The van der Waals surface area contributed by atoms with E-state index < -0.39 is 0 Å². The van der Waals surface area contributed by atoms with Crippen LogP contribution in [-0.4, -0.2) is 49.2 Å². The molecule has 0 aliphatic heterocycles. The van der Waals surface area contributed by atoms with Crippen molar-refractivity contribution in [2.24, 2.45) is 4.99 Å². The second kappa shape index (κ2) is 9.05. The summed E-state index contributed by atoms with van der Waals surface area (Å²) < 4.78 is 7.67. The van der Waals surface area contributed by atoms with E-state index in [0.29, 0.717) is 6.54 Å². The van der Waals surface area contributed by atoms with E-state index in [-0.39, 0.29) is 6.04 Å². The van der Waals surface area contributed by atoms with Crippen molar-refractivity contribution in [2.45, 2.75) is 19.5 Å². The summed E-state index contributed by atoms with van der Waals surface area (Å²) >= 11 is 0. The van der Waals surface area contributed by atoms with Crippen molar-refractivity contribution >= 4 is 5.96 Å². The van der Waals surface area contributed by atoms with Crippen molar-refractivity contribution < 1.29 is 4.42 Å². The minimum Gasteiger partial charge on any atom is -0.468 e. The van der Waals surface area contributed by atoms with Gasteiger partial charge in [-0.2, -0.15) is 0 Å². The molecule has 0 saturated carbocycles. The largest absolute Gasteiger partial charge is 0.468 e. The Morgan fingerprint density at radius 1 is 1.26 bits per heavy atom. The standard InChI is InChI=1S/C17H27N5O/c1-4-18-17(19-9-12-22-10-5-6-11-22)20-14-15(21(2)3)16-8-7-13-23-16/h5-8,10-11,13,15H,4,9,12,14H2,1-3H3,(H2,18,19,20). The van der Waals surface area contributed by atoms with Crippen LogP contribution in [0.3, 0.4) is 0 Å². The Bertz CT molecular complexity index is 560. The summed E-state index contributed by atoms with van der Waals surface area (Å²) in [5, 5.41) is 6.65. The lowest BCUT2D eigenvalue weighted by Crippen LogP contribution is -2.39. The van der Waals surface area contributed by atoms with Crippen LogP contribution in [-0.2, 0) is 6.54 Å². The van der Waals surface area contributed by atoms with Gasteiger partial charge in [-0.15, -0.1) is 0 Å². The van der Waals surface area contributed by atoms with Gasteiger partial charge in [-0.25, -0.2) is 0 Å². The van der Waals surface area contributed by atoms with Crippen molar-refractivity contribution in [3.63, 3.8) is 0 Å². The Labute approximate surface area is 138 Å². The first-order valence-corrected chi connectivity index (χ1v) is 8.03. The zero-order valence-electron chi connectivity index (χ0n) is 14.2. The predicted molar refractivity (Wildman–Crippen MR) is 93.5 cm³/mol. The maximum absolute atomic E-state index is 5.52. The average molecular weight is 317 g/mol.